The highest BCUT2D eigenvalue weighted by Gasteiger charge is 2.17. The topological polar surface area (TPSA) is 76.6 Å². The number of anilines is 1. The fourth-order valence-corrected chi connectivity index (χ4v) is 3.96. The van der Waals surface area contributed by atoms with E-state index in [1.807, 2.05) is 0 Å². The van der Waals surface area contributed by atoms with E-state index in [-0.39, 0.29) is 5.82 Å². The number of hydrogen-bond acceptors (Lipinski definition) is 6. The molecule has 39 heavy (non-hydrogen) atoms. The van der Waals surface area contributed by atoms with Gasteiger partial charge in [-0.2, -0.15) is 0 Å². The normalized spacial score (nSPS) is 10.9. The number of rotatable bonds is 11. The van der Waals surface area contributed by atoms with Gasteiger partial charge in [0.1, 0.15) is 29.7 Å². The minimum atomic E-state index is -0.573. The van der Waals surface area contributed by atoms with Crippen LogP contribution in [0.5, 0.6) is 11.5 Å². The van der Waals surface area contributed by atoms with E-state index < -0.39 is 17.5 Å². The van der Waals surface area contributed by atoms with Crippen molar-refractivity contribution in [3.8, 4) is 34.0 Å². The maximum Gasteiger partial charge on any atom is 0.293 e. The van der Waals surface area contributed by atoms with Gasteiger partial charge in [-0.1, -0.05) is 13.8 Å². The second-order valence-corrected chi connectivity index (χ2v) is 8.67. The van der Waals surface area contributed by atoms with Crippen LogP contribution in [0.2, 0.25) is 0 Å². The molecule has 0 saturated heterocycles. The van der Waals surface area contributed by atoms with Gasteiger partial charge < -0.3 is 19.7 Å². The second-order valence-electron chi connectivity index (χ2n) is 8.67. The van der Waals surface area contributed by atoms with Crippen LogP contribution in [0, 0.1) is 11.6 Å². The molecule has 0 aliphatic carbocycles. The number of carbonyl (C=O) groups excluding carboxylic acids is 1. The summed E-state index contributed by atoms with van der Waals surface area (Å²) in [5.41, 5.74) is 2.44. The van der Waals surface area contributed by atoms with E-state index in [0.717, 1.165) is 19.6 Å². The van der Waals surface area contributed by atoms with Crippen LogP contribution in [-0.2, 0) is 0 Å². The minimum absolute atomic E-state index is 0.113. The number of halogens is 2. The number of carbonyl (C=O) groups is 1. The molecular weight excluding hydrogens is 502 g/mol. The predicted molar refractivity (Wildman–Crippen MR) is 147 cm³/mol. The highest BCUT2D eigenvalue weighted by molar-refractivity contribution is 6.03. The number of aromatic nitrogens is 2. The van der Waals surface area contributed by atoms with Gasteiger partial charge in [0.25, 0.3) is 5.91 Å². The molecule has 1 heterocycles. The number of ether oxygens (including phenoxy) is 2. The van der Waals surface area contributed by atoms with Crippen molar-refractivity contribution in [2.24, 2.45) is 0 Å². The lowest BCUT2D eigenvalue weighted by molar-refractivity contribution is 0.101. The molecule has 0 fully saturated rings. The van der Waals surface area contributed by atoms with Crippen LogP contribution in [0.3, 0.4) is 0 Å². The number of nitrogens with zero attached hydrogens (tertiary/aromatic N) is 3. The molecule has 4 rings (SSSR count). The fourth-order valence-electron chi connectivity index (χ4n) is 3.96. The van der Waals surface area contributed by atoms with Crippen molar-refractivity contribution >= 4 is 11.6 Å². The average molecular weight is 533 g/mol. The molecule has 0 aliphatic rings. The van der Waals surface area contributed by atoms with Gasteiger partial charge in [-0.25, -0.2) is 18.7 Å². The zero-order valence-corrected chi connectivity index (χ0v) is 22.1. The summed E-state index contributed by atoms with van der Waals surface area (Å²) < 4.78 is 38.4. The van der Waals surface area contributed by atoms with E-state index in [4.69, 9.17) is 9.47 Å². The number of hydrogen-bond donors (Lipinski definition) is 1. The number of benzene rings is 3. The number of methoxy groups -OCH3 is 1. The summed E-state index contributed by atoms with van der Waals surface area (Å²) in [7, 11) is 1.50. The quantitative estimate of drug-likeness (QED) is 0.253. The largest absolute Gasteiger partial charge is 0.494 e. The van der Waals surface area contributed by atoms with Crippen molar-refractivity contribution in [3.05, 3.63) is 90.3 Å². The van der Waals surface area contributed by atoms with Gasteiger partial charge in [-0.05, 0) is 79.8 Å². The van der Waals surface area contributed by atoms with Crippen LogP contribution in [0.25, 0.3) is 22.5 Å². The van der Waals surface area contributed by atoms with Gasteiger partial charge in [0.05, 0.1) is 24.2 Å². The van der Waals surface area contributed by atoms with Crippen molar-refractivity contribution in [3.63, 3.8) is 0 Å². The maximum absolute atomic E-state index is 13.5. The molecule has 0 unspecified atom stereocenters. The van der Waals surface area contributed by atoms with Gasteiger partial charge in [0.2, 0.25) is 5.82 Å². The number of nitrogens with one attached hydrogen (secondary N) is 1. The molecule has 7 nitrogen and oxygen atoms in total. The van der Waals surface area contributed by atoms with Crippen molar-refractivity contribution in [1.82, 2.24) is 14.9 Å². The van der Waals surface area contributed by atoms with Crippen molar-refractivity contribution in [1.29, 1.82) is 0 Å². The third-order valence-corrected chi connectivity index (χ3v) is 6.20. The molecule has 0 spiro atoms. The minimum Gasteiger partial charge on any atom is -0.494 e. The molecule has 3 aromatic carbocycles. The van der Waals surface area contributed by atoms with Crippen LogP contribution in [0.15, 0.2) is 72.8 Å². The first kappa shape index (κ1) is 27.7. The van der Waals surface area contributed by atoms with E-state index in [2.05, 4.69) is 34.0 Å². The summed E-state index contributed by atoms with van der Waals surface area (Å²) in [4.78, 5) is 24.4. The fraction of sp³-hybridized carbons (Fsp3) is 0.233. The smallest absolute Gasteiger partial charge is 0.293 e. The summed E-state index contributed by atoms with van der Waals surface area (Å²) in [5.74, 6) is -0.440. The molecule has 202 valence electrons. The van der Waals surface area contributed by atoms with Crippen molar-refractivity contribution < 1.29 is 23.0 Å². The SMILES string of the molecule is CCN(CC)CCOc1ccc(NC(=O)c2nc(-c3ccc(F)cc3)cc(-c3ccc(F)cc3)n2)c(OC)c1. The van der Waals surface area contributed by atoms with E-state index in [0.29, 0.717) is 46.3 Å². The van der Waals surface area contributed by atoms with E-state index in [1.54, 1.807) is 48.5 Å². The lowest BCUT2D eigenvalue weighted by atomic mass is 10.1. The van der Waals surface area contributed by atoms with Crippen LogP contribution in [-0.4, -0.2) is 54.1 Å². The zero-order chi connectivity index (χ0) is 27.8. The summed E-state index contributed by atoms with van der Waals surface area (Å²) in [6, 6.07) is 18.3. The molecule has 4 aromatic rings. The summed E-state index contributed by atoms with van der Waals surface area (Å²) in [6.45, 7) is 7.42. The predicted octanol–water partition coefficient (Wildman–Crippen LogP) is 6.07. The third kappa shape index (κ3) is 7.14. The highest BCUT2D eigenvalue weighted by Crippen LogP contribution is 2.30. The Morgan fingerprint density at radius 2 is 1.41 bits per heavy atom. The Bertz CT molecular complexity index is 1350. The van der Waals surface area contributed by atoms with Crippen LogP contribution in [0.4, 0.5) is 14.5 Å². The zero-order valence-electron chi connectivity index (χ0n) is 22.1. The molecule has 0 radical (unpaired) electrons. The Morgan fingerprint density at radius 1 is 0.846 bits per heavy atom. The first-order valence-electron chi connectivity index (χ1n) is 12.7. The number of amides is 1. The summed E-state index contributed by atoms with van der Waals surface area (Å²) in [5, 5.41) is 2.80. The van der Waals surface area contributed by atoms with Gasteiger partial charge >= 0.3 is 0 Å². The molecule has 9 heteroatoms. The lowest BCUT2D eigenvalue weighted by Gasteiger charge is -2.18. The van der Waals surface area contributed by atoms with Crippen LogP contribution >= 0.6 is 0 Å². The molecule has 1 aromatic heterocycles. The summed E-state index contributed by atoms with van der Waals surface area (Å²) in [6.07, 6.45) is 0. The average Bonchev–Trinajstić information content (AvgIpc) is 2.96. The van der Waals surface area contributed by atoms with Gasteiger partial charge in [0, 0.05) is 23.7 Å². The van der Waals surface area contributed by atoms with Crippen LogP contribution < -0.4 is 14.8 Å². The Balaban J connectivity index is 1.60. The molecule has 0 aliphatic heterocycles. The first-order valence-corrected chi connectivity index (χ1v) is 12.7. The lowest BCUT2D eigenvalue weighted by Crippen LogP contribution is -2.27. The molecule has 0 atom stereocenters. The maximum atomic E-state index is 13.5. The Morgan fingerprint density at radius 3 is 1.92 bits per heavy atom. The van der Waals surface area contributed by atoms with Gasteiger partial charge in [-0.15, -0.1) is 0 Å². The molecule has 0 bridgehead atoms. The summed E-state index contributed by atoms with van der Waals surface area (Å²) >= 11 is 0. The Hall–Kier alpha value is -4.37. The van der Waals surface area contributed by atoms with E-state index in [1.165, 1.54) is 31.4 Å². The Kier molecular flexibility index (Phi) is 9.17. The first-order chi connectivity index (χ1) is 18.9. The molecule has 1 N–H and O–H groups in total. The monoisotopic (exact) mass is 532 g/mol. The second kappa shape index (κ2) is 12.9. The third-order valence-electron chi connectivity index (χ3n) is 6.20. The van der Waals surface area contributed by atoms with Crippen LogP contribution in [0.1, 0.15) is 24.5 Å². The molecule has 1 amide bonds. The molecule has 0 saturated carbocycles. The van der Waals surface area contributed by atoms with Crippen molar-refractivity contribution in [2.45, 2.75) is 13.8 Å². The standard InChI is InChI=1S/C30H30F2N4O3/c1-4-36(5-2)16-17-39-24-14-15-25(28(18-24)38-3)35-30(37)29-33-26(20-6-10-22(31)11-7-20)19-27(34-29)21-8-12-23(32)13-9-21/h6-15,18-19H,4-5,16-17H2,1-3H3,(H,35,37). The van der Waals surface area contributed by atoms with Gasteiger partial charge in [-0.3, -0.25) is 4.79 Å². The van der Waals surface area contributed by atoms with Crippen molar-refractivity contribution in [2.75, 3.05) is 38.7 Å². The molecular formula is C30H30F2N4O3. The van der Waals surface area contributed by atoms with E-state index >= 15 is 0 Å². The highest BCUT2D eigenvalue weighted by atomic mass is 19.1. The van der Waals surface area contributed by atoms with E-state index in [9.17, 15) is 13.6 Å². The Labute approximate surface area is 226 Å². The number of likely N-dealkylation sites (N-methyl/N-ethyl adjacent to an activating group) is 1. The van der Waals surface area contributed by atoms with Gasteiger partial charge in [0.15, 0.2) is 0 Å².